The molecule has 0 rings (SSSR count). The van der Waals surface area contributed by atoms with Crippen LogP contribution in [0.2, 0.25) is 0 Å². The maximum Gasteiger partial charge on any atom is 0.326 e. The molecule has 0 radical (unpaired) electrons. The maximum atomic E-state index is 12.6. The molecule has 3 amide bonds. The van der Waals surface area contributed by atoms with Crippen LogP contribution < -0.4 is 38.9 Å². The summed E-state index contributed by atoms with van der Waals surface area (Å²) in [5, 5.41) is 16.6. The summed E-state index contributed by atoms with van der Waals surface area (Å²) < 4.78 is 0. The third kappa shape index (κ3) is 15.0. The zero-order valence-electron chi connectivity index (χ0n) is 19.0. The third-order valence-electron chi connectivity index (χ3n) is 4.55. The molecule has 12 N–H and O–H groups in total. The van der Waals surface area contributed by atoms with Crippen molar-refractivity contribution < 1.29 is 24.3 Å². The van der Waals surface area contributed by atoms with Crippen LogP contribution in [0.1, 0.15) is 38.5 Å². The first kappa shape index (κ1) is 30.4. The Kier molecular flexibility index (Phi) is 16.5. The number of rotatable bonds is 18. The number of guanidine groups is 1. The van der Waals surface area contributed by atoms with Crippen LogP contribution in [0.5, 0.6) is 0 Å². The van der Waals surface area contributed by atoms with Crippen LogP contribution in [-0.2, 0) is 19.2 Å². The van der Waals surface area contributed by atoms with Gasteiger partial charge < -0.3 is 44.0 Å². The van der Waals surface area contributed by atoms with E-state index in [4.69, 9.17) is 22.9 Å². The number of hydrogen-bond donors (Lipinski definition) is 8. The van der Waals surface area contributed by atoms with Crippen molar-refractivity contribution in [3.05, 3.63) is 0 Å². The number of unbranched alkanes of at least 4 members (excludes halogenated alkanes) is 1. The highest BCUT2D eigenvalue weighted by Crippen LogP contribution is 2.03. The lowest BCUT2D eigenvalue weighted by Gasteiger charge is -2.21. The summed E-state index contributed by atoms with van der Waals surface area (Å²) >= 11 is 1.46. The quantitative estimate of drug-likeness (QED) is 0.0566. The molecule has 0 aromatic heterocycles. The van der Waals surface area contributed by atoms with E-state index in [-0.39, 0.29) is 25.3 Å². The summed E-state index contributed by atoms with van der Waals surface area (Å²) in [6.07, 6.45) is 4.49. The first-order valence-electron chi connectivity index (χ1n) is 10.7. The van der Waals surface area contributed by atoms with Crippen LogP contribution in [0.4, 0.5) is 0 Å². The Balaban J connectivity index is 4.91. The molecule has 33 heavy (non-hydrogen) atoms. The van der Waals surface area contributed by atoms with Crippen molar-refractivity contribution in [3.8, 4) is 0 Å². The number of thioether (sulfide) groups is 1. The third-order valence-corrected chi connectivity index (χ3v) is 5.20. The molecule has 0 aliphatic rings. The summed E-state index contributed by atoms with van der Waals surface area (Å²) in [7, 11) is 0. The summed E-state index contributed by atoms with van der Waals surface area (Å²) in [4.78, 5) is 52.2. The van der Waals surface area contributed by atoms with Crippen LogP contribution in [0.15, 0.2) is 4.99 Å². The van der Waals surface area contributed by atoms with Crippen molar-refractivity contribution in [3.63, 3.8) is 0 Å². The van der Waals surface area contributed by atoms with Gasteiger partial charge in [0.2, 0.25) is 17.7 Å². The van der Waals surface area contributed by atoms with Crippen LogP contribution in [0.3, 0.4) is 0 Å². The minimum atomic E-state index is -1.16. The van der Waals surface area contributed by atoms with Gasteiger partial charge in [-0.2, -0.15) is 11.8 Å². The number of carboxylic acid groups (broad SMARTS) is 1. The average Bonchev–Trinajstić information content (AvgIpc) is 2.76. The Labute approximate surface area is 198 Å². The van der Waals surface area contributed by atoms with E-state index < -0.39 is 48.4 Å². The SMILES string of the molecule is CSCCC(NC(=O)CNC(=O)C(CCCN=C(N)N)NC(=O)C(N)CCCCN)C(=O)O. The molecule has 0 heterocycles. The number of nitrogens with two attached hydrogens (primary N) is 4. The second-order valence-electron chi connectivity index (χ2n) is 7.36. The Morgan fingerprint density at radius 2 is 1.67 bits per heavy atom. The first-order chi connectivity index (χ1) is 15.6. The molecule has 0 aromatic rings. The summed E-state index contributed by atoms with van der Waals surface area (Å²) in [6.45, 7) is 0.303. The molecule has 13 nitrogen and oxygen atoms in total. The number of amides is 3. The fraction of sp³-hybridized carbons (Fsp3) is 0.737. The minimum absolute atomic E-state index is 0.0897. The molecule has 0 aromatic carbocycles. The Morgan fingerprint density at radius 3 is 2.24 bits per heavy atom. The molecule has 3 unspecified atom stereocenters. The van der Waals surface area contributed by atoms with Gasteiger partial charge in [0, 0.05) is 6.54 Å². The predicted molar refractivity (Wildman–Crippen MR) is 128 cm³/mol. The van der Waals surface area contributed by atoms with Gasteiger partial charge in [0.25, 0.3) is 0 Å². The highest BCUT2D eigenvalue weighted by atomic mass is 32.2. The van der Waals surface area contributed by atoms with Gasteiger partial charge in [-0.15, -0.1) is 0 Å². The van der Waals surface area contributed by atoms with E-state index in [0.717, 1.165) is 6.42 Å². The second kappa shape index (κ2) is 17.9. The van der Waals surface area contributed by atoms with E-state index in [1.165, 1.54) is 11.8 Å². The standard InChI is InChI=1S/C19H38N8O5S/c1-33-10-7-14(18(31)32)26-15(28)11-25-17(30)13(6-4-9-24-19(22)23)27-16(29)12(21)5-2-3-8-20/h12-14H,2-11,20-21H2,1H3,(H,25,30)(H,26,28)(H,27,29)(H,31,32)(H4,22,23,24). The van der Waals surface area contributed by atoms with Crippen molar-refractivity contribution >= 4 is 41.4 Å². The predicted octanol–water partition coefficient (Wildman–Crippen LogP) is -2.58. The fourth-order valence-corrected chi connectivity index (χ4v) is 3.19. The van der Waals surface area contributed by atoms with E-state index >= 15 is 0 Å². The van der Waals surface area contributed by atoms with Gasteiger partial charge in [0.1, 0.15) is 12.1 Å². The van der Waals surface area contributed by atoms with E-state index in [9.17, 15) is 24.3 Å². The Hall–Kier alpha value is -2.58. The van der Waals surface area contributed by atoms with E-state index in [2.05, 4.69) is 20.9 Å². The van der Waals surface area contributed by atoms with E-state index in [0.29, 0.717) is 31.6 Å². The zero-order valence-corrected chi connectivity index (χ0v) is 19.9. The van der Waals surface area contributed by atoms with Gasteiger partial charge in [-0.25, -0.2) is 4.79 Å². The molecule has 0 saturated heterocycles. The number of carboxylic acids is 1. The number of carbonyl (C=O) groups excluding carboxylic acids is 3. The molecule has 0 bridgehead atoms. The van der Waals surface area contributed by atoms with E-state index in [1.54, 1.807) is 0 Å². The van der Waals surface area contributed by atoms with Crippen LogP contribution >= 0.6 is 11.8 Å². The lowest BCUT2D eigenvalue weighted by Crippen LogP contribution is -2.53. The highest BCUT2D eigenvalue weighted by Gasteiger charge is 2.25. The molecule has 190 valence electrons. The maximum absolute atomic E-state index is 12.6. The van der Waals surface area contributed by atoms with Crippen molar-refractivity contribution in [1.29, 1.82) is 0 Å². The van der Waals surface area contributed by atoms with Gasteiger partial charge >= 0.3 is 5.97 Å². The number of nitrogens with one attached hydrogen (secondary N) is 3. The van der Waals surface area contributed by atoms with Crippen molar-refractivity contribution in [2.45, 2.75) is 56.7 Å². The van der Waals surface area contributed by atoms with Gasteiger partial charge in [-0.3, -0.25) is 19.4 Å². The normalized spacial score (nSPS) is 13.3. The van der Waals surface area contributed by atoms with E-state index in [1.807, 2.05) is 6.26 Å². The Bertz CT molecular complexity index is 660. The number of nitrogens with zero attached hydrogens (tertiary/aromatic N) is 1. The smallest absolute Gasteiger partial charge is 0.326 e. The summed E-state index contributed by atoms with van der Waals surface area (Å²) in [5.41, 5.74) is 21.9. The second-order valence-corrected chi connectivity index (χ2v) is 8.34. The average molecular weight is 491 g/mol. The number of hydrogen-bond acceptors (Lipinski definition) is 8. The van der Waals surface area contributed by atoms with Gasteiger partial charge in [0.15, 0.2) is 5.96 Å². The fourth-order valence-electron chi connectivity index (χ4n) is 2.72. The molecular formula is C19H38N8O5S. The van der Waals surface area contributed by atoms with Crippen LogP contribution in [0.25, 0.3) is 0 Å². The monoisotopic (exact) mass is 490 g/mol. The van der Waals surface area contributed by atoms with Crippen molar-refractivity contribution in [2.75, 3.05) is 31.6 Å². The topological polar surface area (TPSA) is 241 Å². The molecule has 0 fully saturated rings. The van der Waals surface area contributed by atoms with Gasteiger partial charge in [-0.05, 0) is 50.7 Å². The minimum Gasteiger partial charge on any atom is -0.480 e. The van der Waals surface area contributed by atoms with Crippen LogP contribution in [-0.4, -0.2) is 84.5 Å². The Morgan fingerprint density at radius 1 is 0.970 bits per heavy atom. The number of aliphatic carboxylic acids is 1. The molecule has 0 saturated carbocycles. The lowest BCUT2D eigenvalue weighted by atomic mass is 10.1. The van der Waals surface area contributed by atoms with Crippen molar-refractivity contribution in [2.24, 2.45) is 27.9 Å². The van der Waals surface area contributed by atoms with Gasteiger partial charge in [0.05, 0.1) is 12.6 Å². The molecule has 3 atom stereocenters. The molecule has 14 heteroatoms. The van der Waals surface area contributed by atoms with Gasteiger partial charge in [-0.1, -0.05) is 6.42 Å². The van der Waals surface area contributed by atoms with Crippen molar-refractivity contribution in [1.82, 2.24) is 16.0 Å². The summed E-state index contributed by atoms with van der Waals surface area (Å²) in [6, 6.07) is -2.82. The molecule has 0 spiro atoms. The molecule has 0 aliphatic heterocycles. The first-order valence-corrected chi connectivity index (χ1v) is 12.1. The highest BCUT2D eigenvalue weighted by molar-refractivity contribution is 7.98. The number of carbonyl (C=O) groups is 4. The number of aliphatic imine (C=N–C) groups is 1. The largest absolute Gasteiger partial charge is 0.480 e. The molecular weight excluding hydrogens is 452 g/mol. The molecule has 0 aliphatic carbocycles. The zero-order chi connectivity index (χ0) is 25.2. The van der Waals surface area contributed by atoms with Crippen LogP contribution in [0, 0.1) is 0 Å². The lowest BCUT2D eigenvalue weighted by molar-refractivity contribution is -0.141. The summed E-state index contributed by atoms with van der Waals surface area (Å²) in [5.74, 6) is -2.44.